The number of thioether (sulfide) groups is 1. The minimum absolute atomic E-state index is 0.0396. The second kappa shape index (κ2) is 13.8. The van der Waals surface area contributed by atoms with Crippen LogP contribution in [0.1, 0.15) is 31.2 Å². The number of carboxylic acids is 1. The Hall–Kier alpha value is -3.58. The van der Waals surface area contributed by atoms with E-state index in [0.717, 1.165) is 29.4 Å². The molecule has 8 N–H and O–H groups in total. The van der Waals surface area contributed by atoms with Gasteiger partial charge in [-0.1, -0.05) is 18.2 Å². The SMILES string of the molecule is CSCCC(NC(=O)C1CCCN1)C(=O)NC(Cc1c[nH]c2ccccc12)C(=O)NC(CC(N)=O)C(=O)O. The molecule has 1 fully saturated rings. The minimum Gasteiger partial charge on any atom is -0.480 e. The highest BCUT2D eigenvalue weighted by Gasteiger charge is 2.32. The maximum atomic E-state index is 13.4. The lowest BCUT2D eigenvalue weighted by Crippen LogP contribution is -2.58. The van der Waals surface area contributed by atoms with Crippen molar-refractivity contribution < 1.29 is 29.1 Å². The molecule has 2 aromatic rings. The Morgan fingerprint density at radius 3 is 2.45 bits per heavy atom. The van der Waals surface area contributed by atoms with Crippen molar-refractivity contribution >= 4 is 52.3 Å². The van der Waals surface area contributed by atoms with Gasteiger partial charge in [0, 0.05) is 23.5 Å². The summed E-state index contributed by atoms with van der Waals surface area (Å²) < 4.78 is 0. The van der Waals surface area contributed by atoms with Gasteiger partial charge in [-0.05, 0) is 49.4 Å². The molecule has 0 bridgehead atoms. The van der Waals surface area contributed by atoms with Gasteiger partial charge in [-0.15, -0.1) is 0 Å². The lowest BCUT2D eigenvalue weighted by Gasteiger charge is -2.25. The first kappa shape index (κ1) is 29.0. The van der Waals surface area contributed by atoms with Gasteiger partial charge >= 0.3 is 5.97 Å². The van der Waals surface area contributed by atoms with Crippen LogP contribution in [0.3, 0.4) is 0 Å². The van der Waals surface area contributed by atoms with Crippen LogP contribution in [0.2, 0.25) is 0 Å². The first-order chi connectivity index (χ1) is 18.2. The number of H-pyrrole nitrogens is 1. The number of carboxylic acid groups (broad SMARTS) is 1. The normalized spacial score (nSPS) is 17.3. The van der Waals surface area contributed by atoms with Crippen LogP contribution in [0.15, 0.2) is 30.5 Å². The molecule has 1 aromatic heterocycles. The summed E-state index contributed by atoms with van der Waals surface area (Å²) >= 11 is 1.51. The first-order valence-corrected chi connectivity index (χ1v) is 13.8. The van der Waals surface area contributed by atoms with Gasteiger partial charge < -0.3 is 37.1 Å². The van der Waals surface area contributed by atoms with E-state index in [1.807, 2.05) is 30.5 Å². The molecule has 13 heteroatoms. The molecular formula is C25H34N6O6S. The number of hydrogen-bond acceptors (Lipinski definition) is 7. The molecule has 4 unspecified atom stereocenters. The maximum Gasteiger partial charge on any atom is 0.326 e. The number of aromatic nitrogens is 1. The summed E-state index contributed by atoms with van der Waals surface area (Å²) in [6.07, 6.45) is 4.91. The molecule has 4 atom stereocenters. The number of fused-ring (bicyclic) bond motifs is 1. The van der Waals surface area contributed by atoms with Gasteiger partial charge in [-0.2, -0.15) is 11.8 Å². The third kappa shape index (κ3) is 7.96. The molecule has 1 aromatic carbocycles. The fraction of sp³-hybridized carbons (Fsp3) is 0.480. The molecular weight excluding hydrogens is 512 g/mol. The van der Waals surface area contributed by atoms with Crippen LogP contribution in [0.5, 0.6) is 0 Å². The Bertz CT molecular complexity index is 1160. The quantitative estimate of drug-likeness (QED) is 0.167. The van der Waals surface area contributed by atoms with Crippen molar-refractivity contribution in [1.82, 2.24) is 26.3 Å². The molecule has 38 heavy (non-hydrogen) atoms. The van der Waals surface area contributed by atoms with E-state index in [1.165, 1.54) is 11.8 Å². The highest BCUT2D eigenvalue weighted by Crippen LogP contribution is 2.19. The van der Waals surface area contributed by atoms with Crippen molar-refractivity contribution in [3.63, 3.8) is 0 Å². The van der Waals surface area contributed by atoms with Gasteiger partial charge in [-0.3, -0.25) is 19.2 Å². The minimum atomic E-state index is -1.55. The Balaban J connectivity index is 1.82. The summed E-state index contributed by atoms with van der Waals surface area (Å²) in [6.45, 7) is 0.725. The fourth-order valence-corrected chi connectivity index (χ4v) is 4.83. The molecule has 0 spiro atoms. The van der Waals surface area contributed by atoms with Crippen LogP contribution in [-0.4, -0.2) is 82.4 Å². The Labute approximate surface area is 224 Å². The first-order valence-electron chi connectivity index (χ1n) is 12.4. The van der Waals surface area contributed by atoms with E-state index >= 15 is 0 Å². The predicted octanol–water partition coefficient (Wildman–Crippen LogP) is -0.370. The molecule has 0 aliphatic carbocycles. The Morgan fingerprint density at radius 2 is 1.79 bits per heavy atom. The molecule has 1 aliphatic heterocycles. The number of nitrogens with two attached hydrogens (primary N) is 1. The number of nitrogens with one attached hydrogen (secondary N) is 5. The summed E-state index contributed by atoms with van der Waals surface area (Å²) in [4.78, 5) is 65.4. The molecule has 4 amide bonds. The smallest absolute Gasteiger partial charge is 0.326 e. The van der Waals surface area contributed by atoms with Crippen LogP contribution >= 0.6 is 11.8 Å². The second-order valence-electron chi connectivity index (χ2n) is 9.19. The van der Waals surface area contributed by atoms with Gasteiger partial charge in [0.15, 0.2) is 0 Å². The Kier molecular flexibility index (Phi) is 10.5. The molecule has 3 rings (SSSR count). The third-order valence-corrected chi connectivity index (χ3v) is 7.02. The zero-order valence-electron chi connectivity index (χ0n) is 21.1. The summed E-state index contributed by atoms with van der Waals surface area (Å²) in [7, 11) is 0. The van der Waals surface area contributed by atoms with E-state index in [-0.39, 0.29) is 18.4 Å². The van der Waals surface area contributed by atoms with Crippen LogP contribution < -0.4 is 27.0 Å². The number of hydrogen-bond donors (Lipinski definition) is 7. The third-order valence-electron chi connectivity index (χ3n) is 6.37. The van der Waals surface area contributed by atoms with Crippen LogP contribution in [0, 0.1) is 0 Å². The number of carbonyl (C=O) groups is 5. The van der Waals surface area contributed by atoms with E-state index in [9.17, 15) is 29.1 Å². The highest BCUT2D eigenvalue weighted by molar-refractivity contribution is 7.98. The fourth-order valence-electron chi connectivity index (χ4n) is 4.36. The molecule has 12 nitrogen and oxygen atoms in total. The van der Waals surface area contributed by atoms with Gasteiger partial charge in [-0.25, -0.2) is 4.79 Å². The Morgan fingerprint density at radius 1 is 1.08 bits per heavy atom. The van der Waals surface area contributed by atoms with Gasteiger partial charge in [0.1, 0.15) is 18.1 Å². The van der Waals surface area contributed by atoms with Crippen LogP contribution in [-0.2, 0) is 30.4 Å². The second-order valence-corrected chi connectivity index (χ2v) is 10.2. The predicted molar refractivity (Wildman–Crippen MR) is 143 cm³/mol. The molecule has 1 aliphatic rings. The van der Waals surface area contributed by atoms with Crippen molar-refractivity contribution in [1.29, 1.82) is 0 Å². The van der Waals surface area contributed by atoms with E-state index < -0.39 is 48.2 Å². The number of aliphatic carboxylic acids is 1. The molecule has 0 radical (unpaired) electrons. The van der Waals surface area contributed by atoms with E-state index in [0.29, 0.717) is 18.6 Å². The number of amides is 4. The lowest BCUT2D eigenvalue weighted by atomic mass is 10.0. The van der Waals surface area contributed by atoms with Crippen molar-refractivity contribution in [3.8, 4) is 0 Å². The maximum absolute atomic E-state index is 13.4. The average Bonchev–Trinajstić information content (AvgIpc) is 3.56. The van der Waals surface area contributed by atoms with Crippen molar-refractivity contribution in [2.24, 2.45) is 5.73 Å². The van der Waals surface area contributed by atoms with Crippen molar-refractivity contribution in [3.05, 3.63) is 36.0 Å². The molecule has 2 heterocycles. The number of primary amides is 1. The summed E-state index contributed by atoms with van der Waals surface area (Å²) in [5, 5.41) is 21.2. The monoisotopic (exact) mass is 546 g/mol. The summed E-state index contributed by atoms with van der Waals surface area (Å²) in [5.74, 6) is -3.36. The van der Waals surface area contributed by atoms with E-state index in [4.69, 9.17) is 5.73 Å². The van der Waals surface area contributed by atoms with Crippen molar-refractivity contribution in [2.75, 3.05) is 18.6 Å². The number of aromatic amines is 1. The zero-order valence-corrected chi connectivity index (χ0v) is 21.9. The standard InChI is InChI=1S/C25H34N6O6S/c1-38-10-8-18(29-22(33)17-7-4-9-27-17)23(34)30-19(24(35)31-20(25(36)37)12-21(26)32)11-14-13-28-16-6-3-2-5-15(14)16/h2-3,5-6,13,17-20,27-28H,4,7-12H2,1H3,(H2,26,32)(H,29,33)(H,30,34)(H,31,35)(H,36,37). The topological polar surface area (TPSA) is 196 Å². The molecule has 0 saturated carbocycles. The van der Waals surface area contributed by atoms with Crippen LogP contribution in [0.4, 0.5) is 0 Å². The van der Waals surface area contributed by atoms with Gasteiger partial charge in [0.2, 0.25) is 23.6 Å². The average molecular weight is 547 g/mol. The van der Waals surface area contributed by atoms with E-state index in [1.54, 1.807) is 6.20 Å². The lowest BCUT2D eigenvalue weighted by molar-refractivity contribution is -0.143. The number of benzene rings is 1. The largest absolute Gasteiger partial charge is 0.480 e. The molecule has 1 saturated heterocycles. The molecule has 206 valence electrons. The number of rotatable bonds is 14. The van der Waals surface area contributed by atoms with Gasteiger partial charge in [0.25, 0.3) is 0 Å². The number of para-hydroxylation sites is 1. The van der Waals surface area contributed by atoms with E-state index in [2.05, 4.69) is 26.3 Å². The number of carbonyl (C=O) groups excluding carboxylic acids is 4. The summed E-state index contributed by atoms with van der Waals surface area (Å²) in [5.41, 5.74) is 6.70. The highest BCUT2D eigenvalue weighted by atomic mass is 32.2. The van der Waals surface area contributed by atoms with Gasteiger partial charge in [0.05, 0.1) is 12.5 Å². The summed E-state index contributed by atoms with van der Waals surface area (Å²) in [6, 6.07) is 3.41. The van der Waals surface area contributed by atoms with Crippen molar-refractivity contribution in [2.45, 2.75) is 56.3 Å². The van der Waals surface area contributed by atoms with Crippen LogP contribution in [0.25, 0.3) is 10.9 Å². The zero-order chi connectivity index (χ0) is 27.7.